The molecule has 4 rings (SSSR count). The molecule has 8 heteroatoms. The highest BCUT2D eigenvalue weighted by Crippen LogP contribution is 2.22. The number of hydrogen-bond donors (Lipinski definition) is 2. The maximum absolute atomic E-state index is 12.7. The molecule has 1 saturated carbocycles. The summed E-state index contributed by atoms with van der Waals surface area (Å²) < 4.78 is 15.6. The van der Waals surface area contributed by atoms with Gasteiger partial charge in [0.2, 0.25) is 5.76 Å². The summed E-state index contributed by atoms with van der Waals surface area (Å²) in [5, 5.41) is 5.81. The van der Waals surface area contributed by atoms with Gasteiger partial charge in [-0.3, -0.25) is 9.59 Å². The molecular formula is C25H24N2O6. The van der Waals surface area contributed by atoms with Crippen molar-refractivity contribution in [3.63, 3.8) is 0 Å². The summed E-state index contributed by atoms with van der Waals surface area (Å²) >= 11 is 0. The Morgan fingerprint density at radius 3 is 2.39 bits per heavy atom. The van der Waals surface area contributed by atoms with E-state index in [4.69, 9.17) is 9.15 Å². The summed E-state index contributed by atoms with van der Waals surface area (Å²) in [4.78, 5) is 36.4. The van der Waals surface area contributed by atoms with Crippen LogP contribution in [0.2, 0.25) is 0 Å². The van der Waals surface area contributed by atoms with E-state index in [1.54, 1.807) is 42.5 Å². The number of benzene rings is 2. The van der Waals surface area contributed by atoms with E-state index in [0.29, 0.717) is 28.3 Å². The van der Waals surface area contributed by atoms with Crippen LogP contribution >= 0.6 is 0 Å². The van der Waals surface area contributed by atoms with Crippen LogP contribution in [0.15, 0.2) is 59.0 Å². The number of furan rings is 1. The lowest BCUT2D eigenvalue weighted by Gasteiger charge is -2.11. The fourth-order valence-electron chi connectivity index (χ4n) is 3.11. The van der Waals surface area contributed by atoms with E-state index in [-0.39, 0.29) is 30.2 Å². The number of ether oxygens (including phenoxy) is 2. The molecule has 2 amide bonds. The Balaban J connectivity index is 1.36. The van der Waals surface area contributed by atoms with Crippen LogP contribution in [0.5, 0.6) is 5.75 Å². The van der Waals surface area contributed by atoms with Crippen molar-refractivity contribution in [2.75, 3.05) is 12.4 Å². The second-order valence-electron chi connectivity index (χ2n) is 7.80. The van der Waals surface area contributed by atoms with E-state index in [1.807, 2.05) is 13.0 Å². The first kappa shape index (κ1) is 22.1. The van der Waals surface area contributed by atoms with Gasteiger partial charge in [0.1, 0.15) is 18.1 Å². The van der Waals surface area contributed by atoms with Gasteiger partial charge in [-0.15, -0.1) is 0 Å². The molecule has 3 aromatic rings. The Morgan fingerprint density at radius 2 is 1.70 bits per heavy atom. The molecule has 1 heterocycles. The van der Waals surface area contributed by atoms with Crippen molar-refractivity contribution in [2.24, 2.45) is 0 Å². The fraction of sp³-hybridized carbons (Fsp3) is 0.240. The summed E-state index contributed by atoms with van der Waals surface area (Å²) in [5.74, 6) is 0.132. The highest BCUT2D eigenvalue weighted by Gasteiger charge is 2.24. The molecule has 1 fully saturated rings. The number of amides is 2. The van der Waals surface area contributed by atoms with Crippen LogP contribution in [-0.4, -0.2) is 30.9 Å². The summed E-state index contributed by atoms with van der Waals surface area (Å²) in [6, 6.07) is 15.3. The minimum absolute atomic E-state index is 0.104. The Hall–Kier alpha value is -4.07. The monoisotopic (exact) mass is 448 g/mol. The number of methoxy groups -OCH3 is 1. The second-order valence-corrected chi connectivity index (χ2v) is 7.80. The number of aryl methyl sites for hydroxylation is 1. The second kappa shape index (κ2) is 9.60. The lowest BCUT2D eigenvalue weighted by Crippen LogP contribution is -2.25. The number of rotatable bonds is 8. The number of carbonyl (C=O) groups excluding carboxylic acids is 3. The molecule has 33 heavy (non-hydrogen) atoms. The molecule has 8 nitrogen and oxygen atoms in total. The van der Waals surface area contributed by atoms with E-state index in [2.05, 4.69) is 15.4 Å². The lowest BCUT2D eigenvalue weighted by molar-refractivity contribution is 0.0560. The third kappa shape index (κ3) is 5.60. The Labute approximate surface area is 190 Å². The Morgan fingerprint density at radius 1 is 0.970 bits per heavy atom. The van der Waals surface area contributed by atoms with E-state index in [9.17, 15) is 14.4 Å². The van der Waals surface area contributed by atoms with Gasteiger partial charge in [0.25, 0.3) is 11.8 Å². The van der Waals surface area contributed by atoms with Crippen LogP contribution in [-0.2, 0) is 11.3 Å². The number of hydrogen-bond acceptors (Lipinski definition) is 6. The summed E-state index contributed by atoms with van der Waals surface area (Å²) in [6.07, 6.45) is 2.02. The molecule has 1 aromatic heterocycles. The third-order valence-corrected chi connectivity index (χ3v) is 5.21. The average molecular weight is 448 g/mol. The predicted molar refractivity (Wildman–Crippen MR) is 120 cm³/mol. The van der Waals surface area contributed by atoms with Gasteiger partial charge in [-0.25, -0.2) is 4.79 Å². The number of esters is 1. The van der Waals surface area contributed by atoms with Crippen LogP contribution in [0.25, 0.3) is 0 Å². The minimum Gasteiger partial charge on any atom is -0.486 e. The number of carbonyl (C=O) groups is 3. The van der Waals surface area contributed by atoms with Gasteiger partial charge in [-0.2, -0.15) is 0 Å². The molecule has 0 spiro atoms. The molecule has 0 saturated heterocycles. The zero-order chi connectivity index (χ0) is 23.4. The zero-order valence-corrected chi connectivity index (χ0v) is 18.3. The lowest BCUT2D eigenvalue weighted by atomic mass is 10.1. The topological polar surface area (TPSA) is 107 Å². The van der Waals surface area contributed by atoms with Gasteiger partial charge in [0.05, 0.1) is 7.11 Å². The van der Waals surface area contributed by atoms with Crippen molar-refractivity contribution in [2.45, 2.75) is 32.4 Å². The molecule has 0 bridgehead atoms. The van der Waals surface area contributed by atoms with Crippen LogP contribution in [0.3, 0.4) is 0 Å². The van der Waals surface area contributed by atoms with Crippen molar-refractivity contribution < 1.29 is 28.3 Å². The largest absolute Gasteiger partial charge is 0.486 e. The zero-order valence-electron chi connectivity index (χ0n) is 18.3. The molecule has 2 N–H and O–H groups in total. The van der Waals surface area contributed by atoms with Gasteiger partial charge in [0.15, 0.2) is 0 Å². The average Bonchev–Trinajstić information content (AvgIpc) is 3.51. The molecular weight excluding hydrogens is 424 g/mol. The van der Waals surface area contributed by atoms with E-state index in [0.717, 1.165) is 18.4 Å². The quantitative estimate of drug-likeness (QED) is 0.503. The fourth-order valence-corrected chi connectivity index (χ4v) is 3.11. The van der Waals surface area contributed by atoms with Gasteiger partial charge >= 0.3 is 5.97 Å². The van der Waals surface area contributed by atoms with Crippen molar-refractivity contribution in [1.82, 2.24) is 5.32 Å². The minimum atomic E-state index is -0.555. The molecule has 170 valence electrons. The predicted octanol–water partition coefficient (Wildman–Crippen LogP) is 4.10. The highest BCUT2D eigenvalue weighted by molar-refractivity contribution is 6.05. The van der Waals surface area contributed by atoms with Crippen LogP contribution in [0.4, 0.5) is 5.69 Å². The molecule has 0 aliphatic heterocycles. The molecule has 0 unspecified atom stereocenters. The molecule has 0 radical (unpaired) electrons. The van der Waals surface area contributed by atoms with Crippen molar-refractivity contribution >= 4 is 23.5 Å². The molecule has 0 atom stereocenters. The SMILES string of the molecule is COC(=O)c1ccc(COc2ccc(C(=O)Nc3cc(C(=O)NC4CC4)ccc3C)cc2)o1. The highest BCUT2D eigenvalue weighted by atomic mass is 16.5. The standard InChI is InChI=1S/C25H24N2O6/c1-15-3-4-17(24(29)26-18-7-8-18)13-21(15)27-23(28)16-5-9-19(10-6-16)32-14-20-11-12-22(33-20)25(30)31-2/h3-6,9-13,18H,7-8,14H2,1-2H3,(H,26,29)(H,27,28). The Bertz CT molecular complexity index is 1180. The maximum atomic E-state index is 12.7. The molecule has 2 aromatic carbocycles. The van der Waals surface area contributed by atoms with Crippen molar-refractivity contribution in [3.8, 4) is 5.75 Å². The van der Waals surface area contributed by atoms with Crippen molar-refractivity contribution in [1.29, 1.82) is 0 Å². The molecule has 1 aliphatic rings. The van der Waals surface area contributed by atoms with Gasteiger partial charge in [0, 0.05) is 22.9 Å². The van der Waals surface area contributed by atoms with E-state index in [1.165, 1.54) is 13.2 Å². The van der Waals surface area contributed by atoms with Crippen LogP contribution in [0.1, 0.15) is 55.4 Å². The van der Waals surface area contributed by atoms with Crippen LogP contribution < -0.4 is 15.4 Å². The van der Waals surface area contributed by atoms with E-state index < -0.39 is 5.97 Å². The Kier molecular flexibility index (Phi) is 6.44. The third-order valence-electron chi connectivity index (χ3n) is 5.21. The van der Waals surface area contributed by atoms with Crippen molar-refractivity contribution in [3.05, 3.63) is 82.8 Å². The summed E-state index contributed by atoms with van der Waals surface area (Å²) in [5.41, 5.74) is 2.40. The number of anilines is 1. The van der Waals surface area contributed by atoms with Gasteiger partial charge < -0.3 is 24.5 Å². The maximum Gasteiger partial charge on any atom is 0.373 e. The van der Waals surface area contributed by atoms with Gasteiger partial charge in [-0.1, -0.05) is 6.07 Å². The first-order valence-electron chi connectivity index (χ1n) is 10.6. The molecule has 1 aliphatic carbocycles. The van der Waals surface area contributed by atoms with E-state index >= 15 is 0 Å². The smallest absolute Gasteiger partial charge is 0.373 e. The first-order valence-corrected chi connectivity index (χ1v) is 10.6. The van der Waals surface area contributed by atoms with Crippen LogP contribution in [0, 0.1) is 6.92 Å². The normalized spacial score (nSPS) is 12.7. The summed E-state index contributed by atoms with van der Waals surface area (Å²) in [6.45, 7) is 1.99. The van der Waals surface area contributed by atoms with Gasteiger partial charge in [-0.05, 0) is 73.9 Å². The number of nitrogens with one attached hydrogen (secondary N) is 2. The first-order chi connectivity index (χ1) is 15.9. The summed E-state index contributed by atoms with van der Waals surface area (Å²) in [7, 11) is 1.28.